The van der Waals surface area contributed by atoms with E-state index in [4.69, 9.17) is 9.26 Å². The molecule has 0 saturated carbocycles. The first-order valence-corrected chi connectivity index (χ1v) is 15.2. The molecular formula is C30H32N4O7S. The van der Waals surface area contributed by atoms with Gasteiger partial charge in [0, 0.05) is 38.0 Å². The second-order valence-corrected chi connectivity index (χ2v) is 12.5. The van der Waals surface area contributed by atoms with Crippen molar-refractivity contribution >= 4 is 32.8 Å². The number of sulfone groups is 1. The van der Waals surface area contributed by atoms with Crippen LogP contribution < -0.4 is 10.2 Å². The van der Waals surface area contributed by atoms with E-state index in [2.05, 4.69) is 10.1 Å². The molecule has 1 aromatic heterocycles. The Labute approximate surface area is 243 Å². The Kier molecular flexibility index (Phi) is 8.95. The van der Waals surface area contributed by atoms with E-state index in [9.17, 15) is 23.2 Å². The van der Waals surface area contributed by atoms with Crippen LogP contribution in [-0.2, 0) is 25.8 Å². The van der Waals surface area contributed by atoms with Crippen LogP contribution in [0.4, 0.5) is 0 Å². The summed E-state index contributed by atoms with van der Waals surface area (Å²) in [6.45, 7) is 1.45. The number of ether oxygens (including phenoxy) is 1. The summed E-state index contributed by atoms with van der Waals surface area (Å²) in [6.07, 6.45) is 2.23. The molecule has 0 atom stereocenters. The number of carbonyl (C=O) groups excluding carboxylic acids is 2. The first kappa shape index (κ1) is 29.4. The highest BCUT2D eigenvalue weighted by atomic mass is 32.2. The van der Waals surface area contributed by atoms with Crippen molar-refractivity contribution in [3.8, 4) is 17.1 Å². The lowest BCUT2D eigenvalue weighted by molar-refractivity contribution is -0.133. The van der Waals surface area contributed by atoms with Gasteiger partial charge in [0.05, 0.1) is 11.5 Å². The fourth-order valence-electron chi connectivity index (χ4n) is 5.33. The van der Waals surface area contributed by atoms with E-state index < -0.39 is 20.5 Å². The Bertz CT molecular complexity index is 1640. The van der Waals surface area contributed by atoms with Gasteiger partial charge < -0.3 is 19.0 Å². The SMILES string of the molecule is O=CCCN1CCC(C(=O)NO)(S(=O)(=O)c2ccc(OCCCc3nc(-c4cccc5ccccc45)no3)cc2)CC1. The Balaban J connectivity index is 1.18. The lowest BCUT2D eigenvalue weighted by Gasteiger charge is -2.39. The Morgan fingerprint density at radius 3 is 2.55 bits per heavy atom. The molecule has 0 bridgehead atoms. The molecule has 4 aromatic rings. The second-order valence-electron chi connectivity index (χ2n) is 10.2. The zero-order valence-corrected chi connectivity index (χ0v) is 23.8. The van der Waals surface area contributed by atoms with Gasteiger partial charge in [-0.3, -0.25) is 10.0 Å². The lowest BCUT2D eigenvalue weighted by Crippen LogP contribution is -2.57. The first-order valence-electron chi connectivity index (χ1n) is 13.8. The molecule has 1 amide bonds. The topological polar surface area (TPSA) is 152 Å². The Morgan fingerprint density at radius 1 is 1.07 bits per heavy atom. The molecule has 1 aliphatic heterocycles. The maximum Gasteiger partial charge on any atom is 0.265 e. The summed E-state index contributed by atoms with van der Waals surface area (Å²) in [5.74, 6) is 0.536. The summed E-state index contributed by atoms with van der Waals surface area (Å²) in [5, 5.41) is 15.6. The number of piperidine rings is 1. The molecule has 2 N–H and O–H groups in total. The number of likely N-dealkylation sites (tertiary alicyclic amines) is 1. The number of carbonyl (C=O) groups is 2. The van der Waals surface area contributed by atoms with Gasteiger partial charge in [-0.1, -0.05) is 47.6 Å². The number of benzene rings is 3. The quantitative estimate of drug-likeness (QED) is 0.108. The van der Waals surface area contributed by atoms with Crippen LogP contribution in [0.2, 0.25) is 0 Å². The number of aldehydes is 1. The van der Waals surface area contributed by atoms with Crippen LogP contribution >= 0.6 is 0 Å². The monoisotopic (exact) mass is 592 g/mol. The minimum Gasteiger partial charge on any atom is -0.494 e. The molecule has 0 spiro atoms. The van der Waals surface area contributed by atoms with E-state index in [1.807, 2.05) is 47.4 Å². The fraction of sp³-hybridized carbons (Fsp3) is 0.333. The van der Waals surface area contributed by atoms with Crippen molar-refractivity contribution in [1.29, 1.82) is 0 Å². The van der Waals surface area contributed by atoms with Crippen molar-refractivity contribution < 1.29 is 32.5 Å². The molecule has 0 radical (unpaired) electrons. The average Bonchev–Trinajstić information content (AvgIpc) is 3.50. The van der Waals surface area contributed by atoms with Crippen LogP contribution in [-0.4, -0.2) is 71.8 Å². The van der Waals surface area contributed by atoms with Crippen LogP contribution in [0.15, 0.2) is 76.1 Å². The summed E-state index contributed by atoms with van der Waals surface area (Å²) in [5.41, 5.74) is 2.45. The minimum absolute atomic E-state index is 0.00326. The van der Waals surface area contributed by atoms with E-state index in [0.29, 0.717) is 63.0 Å². The highest BCUT2D eigenvalue weighted by Crippen LogP contribution is 2.36. The van der Waals surface area contributed by atoms with E-state index in [0.717, 1.165) is 22.6 Å². The third-order valence-corrected chi connectivity index (χ3v) is 10.2. The van der Waals surface area contributed by atoms with Gasteiger partial charge in [-0.15, -0.1) is 0 Å². The molecule has 1 saturated heterocycles. The number of fused-ring (bicyclic) bond motifs is 1. The van der Waals surface area contributed by atoms with Gasteiger partial charge in [0.1, 0.15) is 12.0 Å². The van der Waals surface area contributed by atoms with Gasteiger partial charge in [-0.2, -0.15) is 4.98 Å². The largest absolute Gasteiger partial charge is 0.494 e. The van der Waals surface area contributed by atoms with E-state index in [-0.39, 0.29) is 17.7 Å². The number of aryl methyl sites for hydroxylation is 1. The maximum absolute atomic E-state index is 13.6. The summed E-state index contributed by atoms with van der Waals surface area (Å²) < 4.78 is 36.7. The fourth-order valence-corrected chi connectivity index (χ4v) is 7.29. The molecule has 5 rings (SSSR count). The zero-order chi connectivity index (χ0) is 29.6. The molecule has 42 heavy (non-hydrogen) atoms. The van der Waals surface area contributed by atoms with Crippen molar-refractivity contribution in [2.45, 2.75) is 41.7 Å². The number of amides is 1. The van der Waals surface area contributed by atoms with Crippen molar-refractivity contribution in [2.24, 2.45) is 0 Å². The van der Waals surface area contributed by atoms with Crippen LogP contribution in [0.3, 0.4) is 0 Å². The number of hydrogen-bond acceptors (Lipinski definition) is 10. The summed E-state index contributed by atoms with van der Waals surface area (Å²) in [6, 6.07) is 19.9. The zero-order valence-electron chi connectivity index (χ0n) is 22.9. The van der Waals surface area contributed by atoms with Gasteiger partial charge in [-0.05, 0) is 54.3 Å². The summed E-state index contributed by atoms with van der Waals surface area (Å²) in [4.78, 5) is 29.8. The van der Waals surface area contributed by atoms with E-state index in [1.165, 1.54) is 12.1 Å². The minimum atomic E-state index is -4.14. The summed E-state index contributed by atoms with van der Waals surface area (Å²) in [7, 11) is -4.14. The molecule has 11 nitrogen and oxygen atoms in total. The molecule has 1 aliphatic rings. The predicted molar refractivity (Wildman–Crippen MR) is 154 cm³/mol. The molecule has 2 heterocycles. The predicted octanol–water partition coefficient (Wildman–Crippen LogP) is 3.60. The number of nitrogens with one attached hydrogen (secondary N) is 1. The first-order chi connectivity index (χ1) is 20.4. The van der Waals surface area contributed by atoms with Gasteiger partial charge in [0.2, 0.25) is 11.7 Å². The molecule has 3 aromatic carbocycles. The number of aromatic nitrogens is 2. The third-order valence-electron chi connectivity index (χ3n) is 7.69. The van der Waals surface area contributed by atoms with E-state index >= 15 is 0 Å². The van der Waals surface area contributed by atoms with Gasteiger partial charge in [0.15, 0.2) is 14.6 Å². The third kappa shape index (κ3) is 5.91. The second kappa shape index (κ2) is 12.8. The van der Waals surface area contributed by atoms with Crippen molar-refractivity contribution in [3.05, 3.63) is 72.6 Å². The normalized spacial score (nSPS) is 15.4. The van der Waals surface area contributed by atoms with Crippen molar-refractivity contribution in [2.75, 3.05) is 26.2 Å². The molecular weight excluding hydrogens is 560 g/mol. The van der Waals surface area contributed by atoms with Crippen LogP contribution in [0.25, 0.3) is 22.2 Å². The van der Waals surface area contributed by atoms with Gasteiger partial charge in [0.25, 0.3) is 5.91 Å². The number of hydroxylamine groups is 1. The van der Waals surface area contributed by atoms with E-state index in [1.54, 1.807) is 17.6 Å². The molecule has 12 heteroatoms. The molecule has 220 valence electrons. The Morgan fingerprint density at radius 2 is 1.81 bits per heavy atom. The lowest BCUT2D eigenvalue weighted by atomic mass is 9.95. The maximum atomic E-state index is 13.6. The summed E-state index contributed by atoms with van der Waals surface area (Å²) >= 11 is 0. The average molecular weight is 593 g/mol. The number of hydrogen-bond donors (Lipinski definition) is 2. The van der Waals surface area contributed by atoms with Crippen LogP contribution in [0.1, 0.15) is 31.6 Å². The van der Waals surface area contributed by atoms with Crippen LogP contribution in [0.5, 0.6) is 5.75 Å². The van der Waals surface area contributed by atoms with Gasteiger partial charge in [-0.25, -0.2) is 13.9 Å². The van der Waals surface area contributed by atoms with Crippen molar-refractivity contribution in [1.82, 2.24) is 20.5 Å². The highest BCUT2D eigenvalue weighted by Gasteiger charge is 2.52. The molecule has 0 aliphatic carbocycles. The highest BCUT2D eigenvalue weighted by molar-refractivity contribution is 7.93. The van der Waals surface area contributed by atoms with Gasteiger partial charge >= 0.3 is 0 Å². The molecule has 0 unspecified atom stereocenters. The van der Waals surface area contributed by atoms with Crippen molar-refractivity contribution in [3.63, 3.8) is 0 Å². The standard InChI is InChI=1S/C30H32N4O7S/c35-20-5-17-34-18-15-30(16-19-34,29(36)32-37)42(38,39)24-13-11-23(12-14-24)40-21-4-10-27-31-28(33-41-27)26-9-3-7-22-6-1-2-8-25(22)26/h1-3,6-9,11-14,20,37H,4-5,10,15-19,21H2,(H,32,36). The molecule has 1 fully saturated rings. The number of rotatable bonds is 12. The Hall–Kier alpha value is -4.13. The van der Waals surface area contributed by atoms with Crippen LogP contribution in [0, 0.1) is 0 Å². The number of nitrogens with zero attached hydrogens (tertiary/aromatic N) is 3. The smallest absolute Gasteiger partial charge is 0.265 e.